The van der Waals surface area contributed by atoms with E-state index < -0.39 is 34.3 Å². The first kappa shape index (κ1) is 27.6. The van der Waals surface area contributed by atoms with Crippen molar-refractivity contribution in [2.24, 2.45) is 0 Å². The number of sulfonamides is 1. The van der Waals surface area contributed by atoms with Gasteiger partial charge in [-0.25, -0.2) is 12.8 Å². The average Bonchev–Trinajstić information content (AvgIpc) is 2.83. The van der Waals surface area contributed by atoms with E-state index in [0.29, 0.717) is 6.42 Å². The molecule has 3 rings (SSSR count). The number of rotatable bonds is 10. The van der Waals surface area contributed by atoms with E-state index in [1.54, 1.807) is 0 Å². The molecule has 2 amide bonds. The van der Waals surface area contributed by atoms with Crippen LogP contribution in [0.15, 0.2) is 48.5 Å². The van der Waals surface area contributed by atoms with Crippen molar-refractivity contribution in [3.63, 3.8) is 0 Å². The van der Waals surface area contributed by atoms with Gasteiger partial charge in [0.2, 0.25) is 21.8 Å². The minimum Gasteiger partial charge on any atom is -0.352 e. The Morgan fingerprint density at radius 2 is 1.75 bits per heavy atom. The van der Waals surface area contributed by atoms with Crippen molar-refractivity contribution < 1.29 is 22.4 Å². The standard InChI is InChI=1S/C27H36FN3O4S/c1-4-25(27(33)29-23-10-6-5-7-11-23)30(18-21-15-13-20(2)14-16-21)26(32)19-31(36(3,34)35)24-12-8-9-22(28)17-24/h8-9,12-17,23,25H,4-7,10-11,18-19H2,1-3H3,(H,29,33). The van der Waals surface area contributed by atoms with Crippen molar-refractivity contribution >= 4 is 27.5 Å². The molecule has 9 heteroatoms. The first-order chi connectivity index (χ1) is 17.1. The Morgan fingerprint density at radius 3 is 2.33 bits per heavy atom. The molecule has 1 N–H and O–H groups in total. The Kier molecular flexibility index (Phi) is 9.48. The molecule has 36 heavy (non-hydrogen) atoms. The van der Waals surface area contributed by atoms with E-state index in [1.807, 2.05) is 38.1 Å². The summed E-state index contributed by atoms with van der Waals surface area (Å²) >= 11 is 0. The molecule has 1 unspecified atom stereocenters. The highest BCUT2D eigenvalue weighted by Gasteiger charge is 2.32. The van der Waals surface area contributed by atoms with E-state index in [1.165, 1.54) is 23.1 Å². The highest BCUT2D eigenvalue weighted by molar-refractivity contribution is 7.92. The van der Waals surface area contributed by atoms with Gasteiger partial charge >= 0.3 is 0 Å². The zero-order valence-electron chi connectivity index (χ0n) is 21.2. The summed E-state index contributed by atoms with van der Waals surface area (Å²) in [5.41, 5.74) is 1.95. The molecule has 0 saturated heterocycles. The number of nitrogens with zero attached hydrogens (tertiary/aromatic N) is 2. The van der Waals surface area contributed by atoms with Gasteiger partial charge in [0.1, 0.15) is 18.4 Å². The van der Waals surface area contributed by atoms with E-state index in [9.17, 15) is 22.4 Å². The van der Waals surface area contributed by atoms with Gasteiger partial charge in [0.15, 0.2) is 0 Å². The molecule has 0 aliphatic heterocycles. The summed E-state index contributed by atoms with van der Waals surface area (Å²) in [6.45, 7) is 3.40. The summed E-state index contributed by atoms with van der Waals surface area (Å²) in [4.78, 5) is 28.5. The normalized spacial score (nSPS) is 15.2. The monoisotopic (exact) mass is 517 g/mol. The van der Waals surface area contributed by atoms with E-state index in [4.69, 9.17) is 0 Å². The number of halogens is 1. The molecule has 0 radical (unpaired) electrons. The number of hydrogen-bond donors (Lipinski definition) is 1. The third-order valence-electron chi connectivity index (χ3n) is 6.59. The third-order valence-corrected chi connectivity index (χ3v) is 7.73. The largest absolute Gasteiger partial charge is 0.352 e. The van der Waals surface area contributed by atoms with Gasteiger partial charge in [-0.3, -0.25) is 13.9 Å². The average molecular weight is 518 g/mol. The molecular weight excluding hydrogens is 481 g/mol. The lowest BCUT2D eigenvalue weighted by Crippen LogP contribution is -2.53. The molecule has 0 bridgehead atoms. The molecule has 1 saturated carbocycles. The Bertz CT molecular complexity index is 1150. The molecule has 7 nitrogen and oxygen atoms in total. The van der Waals surface area contributed by atoms with Crippen LogP contribution in [-0.2, 0) is 26.2 Å². The first-order valence-corrected chi connectivity index (χ1v) is 14.3. The second-order valence-electron chi connectivity index (χ2n) is 9.52. The maximum absolute atomic E-state index is 13.9. The summed E-state index contributed by atoms with van der Waals surface area (Å²) in [5, 5.41) is 3.11. The van der Waals surface area contributed by atoms with E-state index in [2.05, 4.69) is 5.32 Å². The smallest absolute Gasteiger partial charge is 0.244 e. The predicted molar refractivity (Wildman–Crippen MR) is 139 cm³/mol. The van der Waals surface area contributed by atoms with Gasteiger partial charge in [-0.05, 0) is 49.9 Å². The quantitative estimate of drug-likeness (QED) is 0.513. The molecule has 0 spiro atoms. The highest BCUT2D eigenvalue weighted by atomic mass is 32.2. The maximum Gasteiger partial charge on any atom is 0.244 e. The first-order valence-electron chi connectivity index (χ1n) is 12.5. The van der Waals surface area contributed by atoms with Crippen molar-refractivity contribution in [1.82, 2.24) is 10.2 Å². The molecule has 2 aromatic rings. The second-order valence-corrected chi connectivity index (χ2v) is 11.4. The van der Waals surface area contributed by atoms with Gasteiger partial charge in [-0.2, -0.15) is 0 Å². The highest BCUT2D eigenvalue weighted by Crippen LogP contribution is 2.22. The Labute approximate surface area is 213 Å². The van der Waals surface area contributed by atoms with Crippen LogP contribution in [0.5, 0.6) is 0 Å². The number of carbonyl (C=O) groups is 2. The summed E-state index contributed by atoms with van der Waals surface area (Å²) in [5.74, 6) is -1.37. The molecule has 1 atom stereocenters. The van der Waals surface area contributed by atoms with Crippen molar-refractivity contribution in [3.05, 3.63) is 65.5 Å². The molecular formula is C27H36FN3O4S. The SMILES string of the molecule is CCC(C(=O)NC1CCCCC1)N(Cc1ccc(C)cc1)C(=O)CN(c1cccc(F)c1)S(C)(=O)=O. The van der Waals surface area contributed by atoms with Crippen LogP contribution in [-0.4, -0.2) is 50.0 Å². The van der Waals surface area contributed by atoms with Gasteiger partial charge in [0.25, 0.3) is 0 Å². The molecule has 1 fully saturated rings. The second kappa shape index (κ2) is 12.3. The Hall–Kier alpha value is -2.94. The topological polar surface area (TPSA) is 86.8 Å². The lowest BCUT2D eigenvalue weighted by Gasteiger charge is -2.34. The van der Waals surface area contributed by atoms with Gasteiger partial charge in [-0.1, -0.05) is 62.1 Å². The molecule has 1 aliphatic carbocycles. The van der Waals surface area contributed by atoms with Crippen LogP contribution in [0.25, 0.3) is 0 Å². The Morgan fingerprint density at radius 1 is 1.08 bits per heavy atom. The zero-order chi connectivity index (χ0) is 26.3. The van der Waals surface area contributed by atoms with Crippen LogP contribution >= 0.6 is 0 Å². The predicted octanol–water partition coefficient (Wildman–Crippen LogP) is 4.16. The van der Waals surface area contributed by atoms with Crippen molar-refractivity contribution in [3.8, 4) is 0 Å². The number of hydrogen-bond acceptors (Lipinski definition) is 4. The van der Waals surface area contributed by atoms with Crippen LogP contribution in [0, 0.1) is 12.7 Å². The van der Waals surface area contributed by atoms with Crippen molar-refractivity contribution in [2.75, 3.05) is 17.1 Å². The Balaban J connectivity index is 1.90. The van der Waals surface area contributed by atoms with E-state index in [-0.39, 0.29) is 24.2 Å². The van der Waals surface area contributed by atoms with Crippen LogP contribution in [0.3, 0.4) is 0 Å². The summed E-state index contributed by atoms with van der Waals surface area (Å²) < 4.78 is 39.9. The number of anilines is 1. The lowest BCUT2D eigenvalue weighted by molar-refractivity contribution is -0.140. The van der Waals surface area contributed by atoms with E-state index in [0.717, 1.165) is 59.9 Å². The molecule has 196 valence electrons. The fourth-order valence-corrected chi connectivity index (χ4v) is 5.44. The molecule has 0 aromatic heterocycles. The third kappa shape index (κ3) is 7.53. The number of benzene rings is 2. The minimum absolute atomic E-state index is 0.0563. The lowest BCUT2D eigenvalue weighted by atomic mass is 9.95. The van der Waals surface area contributed by atoms with Crippen LogP contribution in [0.1, 0.15) is 56.6 Å². The molecule has 0 heterocycles. The number of carbonyl (C=O) groups excluding carboxylic acids is 2. The van der Waals surface area contributed by atoms with Crippen LogP contribution < -0.4 is 9.62 Å². The fraction of sp³-hybridized carbons (Fsp3) is 0.481. The minimum atomic E-state index is -3.90. The maximum atomic E-state index is 13.9. The van der Waals surface area contributed by atoms with Crippen LogP contribution in [0.4, 0.5) is 10.1 Å². The zero-order valence-corrected chi connectivity index (χ0v) is 22.1. The van der Waals surface area contributed by atoms with Gasteiger partial charge < -0.3 is 10.2 Å². The van der Waals surface area contributed by atoms with Crippen LogP contribution in [0.2, 0.25) is 0 Å². The van der Waals surface area contributed by atoms with Crippen molar-refractivity contribution in [2.45, 2.75) is 71.0 Å². The van der Waals surface area contributed by atoms with Gasteiger partial charge in [0.05, 0.1) is 11.9 Å². The number of nitrogens with one attached hydrogen (secondary N) is 1. The van der Waals surface area contributed by atoms with Gasteiger partial charge in [-0.15, -0.1) is 0 Å². The summed E-state index contributed by atoms with van der Waals surface area (Å²) in [7, 11) is -3.90. The van der Waals surface area contributed by atoms with E-state index >= 15 is 0 Å². The summed E-state index contributed by atoms with van der Waals surface area (Å²) in [6.07, 6.45) is 6.45. The van der Waals surface area contributed by atoms with Gasteiger partial charge in [0, 0.05) is 12.6 Å². The number of aryl methyl sites for hydroxylation is 1. The fourth-order valence-electron chi connectivity index (χ4n) is 4.60. The summed E-state index contributed by atoms with van der Waals surface area (Å²) in [6, 6.07) is 12.1. The molecule has 2 aromatic carbocycles. The number of amides is 2. The molecule has 1 aliphatic rings. The van der Waals surface area contributed by atoms with Crippen molar-refractivity contribution in [1.29, 1.82) is 0 Å².